The van der Waals surface area contributed by atoms with E-state index < -0.39 is 0 Å². The van der Waals surface area contributed by atoms with Gasteiger partial charge in [0.25, 0.3) is 0 Å². The van der Waals surface area contributed by atoms with E-state index in [1.807, 2.05) is 29.2 Å². The summed E-state index contributed by atoms with van der Waals surface area (Å²) in [7, 11) is 0. The zero-order valence-electron chi connectivity index (χ0n) is 16.7. The second kappa shape index (κ2) is 9.30. The number of pyridine rings is 1. The first-order valence-electron chi connectivity index (χ1n) is 10.00. The van der Waals surface area contributed by atoms with Crippen LogP contribution in [0.4, 0.5) is 0 Å². The molecule has 6 nitrogen and oxygen atoms in total. The Labute approximate surface area is 171 Å². The second-order valence-corrected chi connectivity index (χ2v) is 7.23. The summed E-state index contributed by atoms with van der Waals surface area (Å²) in [4.78, 5) is 4.26. The summed E-state index contributed by atoms with van der Waals surface area (Å²) in [5.74, 6) is 0. The second-order valence-electron chi connectivity index (χ2n) is 7.23. The number of nitrogens with zero attached hydrogens (tertiary/aromatic N) is 4. The van der Waals surface area contributed by atoms with E-state index in [0.717, 1.165) is 49.4 Å². The van der Waals surface area contributed by atoms with Crippen LogP contribution in [0.15, 0.2) is 67.3 Å². The molecule has 0 amide bonds. The van der Waals surface area contributed by atoms with Gasteiger partial charge < -0.3 is 5.32 Å². The summed E-state index contributed by atoms with van der Waals surface area (Å²) in [6.07, 6.45) is 9.82. The lowest BCUT2D eigenvalue weighted by molar-refractivity contribution is 0.646. The minimum absolute atomic E-state index is 0.758. The number of aromatic amines is 1. The van der Waals surface area contributed by atoms with Crippen LogP contribution in [-0.4, -0.2) is 31.5 Å². The minimum atomic E-state index is 0.758. The van der Waals surface area contributed by atoms with E-state index in [4.69, 9.17) is 5.10 Å². The fourth-order valence-electron chi connectivity index (χ4n) is 3.44. The van der Waals surface area contributed by atoms with E-state index >= 15 is 0 Å². The van der Waals surface area contributed by atoms with Crippen LogP contribution in [0.3, 0.4) is 0 Å². The van der Waals surface area contributed by atoms with Gasteiger partial charge in [-0.3, -0.25) is 14.8 Å². The highest BCUT2D eigenvalue weighted by molar-refractivity contribution is 5.61. The van der Waals surface area contributed by atoms with Crippen molar-refractivity contribution in [3.63, 3.8) is 0 Å². The molecule has 29 heavy (non-hydrogen) atoms. The van der Waals surface area contributed by atoms with E-state index in [-0.39, 0.29) is 0 Å². The molecule has 6 heteroatoms. The standard InChI is InChI=1S/C23H26N6/c1-18-20(15-26-27-18)9-5-11-25-14-22-17-29(16-19-7-3-2-4-8-19)28-23(22)21-10-6-12-24-13-21/h2-4,6-8,10,12-13,15,17,25H,5,9,11,14,16H2,1H3,(H,26,27). The Morgan fingerprint density at radius 2 is 1.93 bits per heavy atom. The smallest absolute Gasteiger partial charge is 0.0983 e. The zero-order chi connectivity index (χ0) is 19.9. The molecule has 0 spiro atoms. The topological polar surface area (TPSA) is 71.4 Å². The maximum atomic E-state index is 4.85. The monoisotopic (exact) mass is 386 g/mol. The van der Waals surface area contributed by atoms with Crippen LogP contribution >= 0.6 is 0 Å². The summed E-state index contributed by atoms with van der Waals surface area (Å²) in [5.41, 5.74) is 6.91. The molecule has 2 N–H and O–H groups in total. The molecule has 3 heterocycles. The van der Waals surface area contributed by atoms with Gasteiger partial charge in [0.1, 0.15) is 0 Å². The predicted octanol–water partition coefficient (Wildman–Crippen LogP) is 3.75. The van der Waals surface area contributed by atoms with Crippen molar-refractivity contribution in [2.45, 2.75) is 32.9 Å². The number of aryl methyl sites for hydroxylation is 2. The molecule has 0 fully saturated rings. The number of nitrogens with one attached hydrogen (secondary N) is 2. The van der Waals surface area contributed by atoms with Crippen molar-refractivity contribution >= 4 is 0 Å². The molecule has 1 aromatic carbocycles. The van der Waals surface area contributed by atoms with E-state index in [1.165, 1.54) is 16.7 Å². The average molecular weight is 387 g/mol. The SMILES string of the molecule is Cc1[nH]ncc1CCCNCc1cn(Cc2ccccc2)nc1-c1cccnc1. The van der Waals surface area contributed by atoms with Crippen LogP contribution in [0.2, 0.25) is 0 Å². The molecule has 0 aliphatic carbocycles. The molecule has 0 radical (unpaired) electrons. The van der Waals surface area contributed by atoms with E-state index in [9.17, 15) is 0 Å². The zero-order valence-corrected chi connectivity index (χ0v) is 16.7. The largest absolute Gasteiger partial charge is 0.313 e. The first kappa shape index (κ1) is 19.1. The molecule has 0 unspecified atom stereocenters. The summed E-state index contributed by atoms with van der Waals surface area (Å²) in [6, 6.07) is 14.4. The Kier molecular flexibility index (Phi) is 6.12. The molecule has 0 aliphatic heterocycles. The number of H-pyrrole nitrogens is 1. The van der Waals surface area contributed by atoms with Gasteiger partial charge in [0.2, 0.25) is 0 Å². The molecular formula is C23H26N6. The van der Waals surface area contributed by atoms with Crippen LogP contribution in [0.1, 0.15) is 28.8 Å². The van der Waals surface area contributed by atoms with Gasteiger partial charge in [-0.05, 0) is 49.6 Å². The van der Waals surface area contributed by atoms with Crippen LogP contribution < -0.4 is 5.32 Å². The lowest BCUT2D eigenvalue weighted by atomic mass is 10.1. The Balaban J connectivity index is 1.42. The third-order valence-electron chi connectivity index (χ3n) is 5.01. The normalized spacial score (nSPS) is 11.1. The van der Waals surface area contributed by atoms with Gasteiger partial charge in [-0.25, -0.2) is 0 Å². The van der Waals surface area contributed by atoms with Crippen LogP contribution in [-0.2, 0) is 19.5 Å². The van der Waals surface area contributed by atoms with E-state index in [2.05, 4.69) is 64.0 Å². The fraction of sp³-hybridized carbons (Fsp3) is 0.261. The van der Waals surface area contributed by atoms with Gasteiger partial charge >= 0.3 is 0 Å². The predicted molar refractivity (Wildman–Crippen MR) is 114 cm³/mol. The van der Waals surface area contributed by atoms with Gasteiger partial charge in [-0.2, -0.15) is 10.2 Å². The van der Waals surface area contributed by atoms with E-state index in [0.29, 0.717) is 0 Å². The highest BCUT2D eigenvalue weighted by atomic mass is 15.3. The number of hydrogen-bond donors (Lipinski definition) is 2. The van der Waals surface area contributed by atoms with Crippen molar-refractivity contribution in [2.75, 3.05) is 6.54 Å². The summed E-state index contributed by atoms with van der Waals surface area (Å²) in [6.45, 7) is 4.55. The Bertz CT molecular complexity index is 1020. The van der Waals surface area contributed by atoms with Crippen molar-refractivity contribution in [1.29, 1.82) is 0 Å². The molecular weight excluding hydrogens is 360 g/mol. The first-order chi connectivity index (χ1) is 14.3. The van der Waals surface area contributed by atoms with Crippen molar-refractivity contribution in [3.8, 4) is 11.3 Å². The lowest BCUT2D eigenvalue weighted by Gasteiger charge is -2.05. The van der Waals surface area contributed by atoms with Gasteiger partial charge in [0, 0.05) is 42.0 Å². The maximum absolute atomic E-state index is 4.85. The lowest BCUT2D eigenvalue weighted by Crippen LogP contribution is -2.15. The fourth-order valence-corrected chi connectivity index (χ4v) is 3.44. The third-order valence-corrected chi connectivity index (χ3v) is 5.01. The Hall–Kier alpha value is -3.25. The number of benzene rings is 1. The average Bonchev–Trinajstić information content (AvgIpc) is 3.35. The Morgan fingerprint density at radius 1 is 1.03 bits per heavy atom. The minimum Gasteiger partial charge on any atom is -0.313 e. The molecule has 0 aliphatic rings. The van der Waals surface area contributed by atoms with Gasteiger partial charge in [-0.15, -0.1) is 0 Å². The van der Waals surface area contributed by atoms with Crippen molar-refractivity contribution in [3.05, 3.63) is 89.6 Å². The van der Waals surface area contributed by atoms with Gasteiger partial charge in [0.05, 0.1) is 18.4 Å². The number of aromatic nitrogens is 5. The molecule has 148 valence electrons. The highest BCUT2D eigenvalue weighted by Crippen LogP contribution is 2.21. The molecule has 0 saturated heterocycles. The van der Waals surface area contributed by atoms with Gasteiger partial charge in [-0.1, -0.05) is 30.3 Å². The summed E-state index contributed by atoms with van der Waals surface area (Å²) < 4.78 is 2.02. The Morgan fingerprint density at radius 3 is 2.69 bits per heavy atom. The highest BCUT2D eigenvalue weighted by Gasteiger charge is 2.11. The summed E-state index contributed by atoms with van der Waals surface area (Å²) >= 11 is 0. The number of rotatable bonds is 9. The molecule has 3 aromatic heterocycles. The first-order valence-corrected chi connectivity index (χ1v) is 10.00. The number of hydrogen-bond acceptors (Lipinski definition) is 4. The van der Waals surface area contributed by atoms with Crippen LogP contribution in [0.25, 0.3) is 11.3 Å². The van der Waals surface area contributed by atoms with Crippen molar-refractivity contribution < 1.29 is 0 Å². The molecule has 0 saturated carbocycles. The molecule has 4 rings (SSSR count). The summed E-state index contributed by atoms with van der Waals surface area (Å²) in [5, 5.41) is 15.5. The molecule has 0 bridgehead atoms. The third kappa shape index (κ3) is 4.97. The van der Waals surface area contributed by atoms with Crippen LogP contribution in [0, 0.1) is 6.92 Å². The van der Waals surface area contributed by atoms with Crippen molar-refractivity contribution in [2.24, 2.45) is 0 Å². The van der Waals surface area contributed by atoms with Gasteiger partial charge in [0.15, 0.2) is 0 Å². The van der Waals surface area contributed by atoms with Crippen LogP contribution in [0.5, 0.6) is 0 Å². The quantitative estimate of drug-likeness (QED) is 0.430. The molecule has 4 aromatic rings. The van der Waals surface area contributed by atoms with Crippen molar-refractivity contribution in [1.82, 2.24) is 30.3 Å². The molecule has 0 atom stereocenters. The maximum Gasteiger partial charge on any atom is 0.0983 e. The van der Waals surface area contributed by atoms with E-state index in [1.54, 1.807) is 6.20 Å².